The summed E-state index contributed by atoms with van der Waals surface area (Å²) in [5.74, 6) is -0.747. The van der Waals surface area contributed by atoms with E-state index in [0.29, 0.717) is 19.4 Å². The Morgan fingerprint density at radius 1 is 1.17 bits per heavy atom. The third-order valence-electron chi connectivity index (χ3n) is 4.39. The number of ether oxygens (including phenoxy) is 3. The van der Waals surface area contributed by atoms with Gasteiger partial charge in [-0.3, -0.25) is 4.99 Å². The number of carbonyl (C=O) groups excluding carboxylic acids is 2. The minimum Gasteiger partial charge on any atom is -0.464 e. The molecular weight excluding hydrogens is 382 g/mol. The van der Waals surface area contributed by atoms with Gasteiger partial charge in [-0.05, 0) is 64.8 Å². The van der Waals surface area contributed by atoms with E-state index in [1.54, 1.807) is 25.3 Å². The van der Waals surface area contributed by atoms with Gasteiger partial charge in [-0.25, -0.2) is 9.59 Å². The Morgan fingerprint density at radius 2 is 1.87 bits per heavy atom. The van der Waals surface area contributed by atoms with Gasteiger partial charge in [-0.1, -0.05) is 24.3 Å². The molecule has 1 aromatic carbocycles. The average Bonchev–Trinajstić information content (AvgIpc) is 3.10. The number of hydrogen-bond acceptors (Lipinski definition) is 6. The molecule has 2 atom stereocenters. The zero-order chi connectivity index (χ0) is 22.4. The molecule has 0 saturated carbocycles. The van der Waals surface area contributed by atoms with E-state index in [2.05, 4.69) is 4.99 Å². The molecule has 0 aliphatic carbocycles. The number of esters is 2. The molecule has 2 unspecified atom stereocenters. The number of allylic oxidation sites excluding steroid dienone is 1. The van der Waals surface area contributed by atoms with Gasteiger partial charge >= 0.3 is 11.9 Å². The molecule has 1 aromatic rings. The lowest BCUT2D eigenvalue weighted by molar-refractivity contribution is -0.160. The van der Waals surface area contributed by atoms with Crippen LogP contribution in [0.4, 0.5) is 0 Å². The molecule has 6 heteroatoms. The molecule has 30 heavy (non-hydrogen) atoms. The molecule has 164 valence electrons. The van der Waals surface area contributed by atoms with Crippen LogP contribution < -0.4 is 0 Å². The first-order chi connectivity index (χ1) is 14.0. The van der Waals surface area contributed by atoms with Crippen molar-refractivity contribution in [3.8, 4) is 0 Å². The molecule has 0 radical (unpaired) electrons. The van der Waals surface area contributed by atoms with Gasteiger partial charge in [-0.15, -0.1) is 0 Å². The van der Waals surface area contributed by atoms with Crippen LogP contribution in [0.2, 0.25) is 0 Å². The summed E-state index contributed by atoms with van der Waals surface area (Å²) in [6.07, 6.45) is 5.15. The van der Waals surface area contributed by atoms with Crippen LogP contribution in [0.15, 0.2) is 41.4 Å². The highest BCUT2D eigenvalue weighted by atomic mass is 16.6. The summed E-state index contributed by atoms with van der Waals surface area (Å²) < 4.78 is 16.5. The van der Waals surface area contributed by atoms with Gasteiger partial charge in [0.1, 0.15) is 5.60 Å². The molecule has 0 aromatic heterocycles. The maximum atomic E-state index is 12.9. The first-order valence-corrected chi connectivity index (χ1v) is 10.4. The van der Waals surface area contributed by atoms with Crippen molar-refractivity contribution in [2.45, 2.75) is 77.7 Å². The van der Waals surface area contributed by atoms with E-state index < -0.39 is 17.2 Å². The Morgan fingerprint density at radius 3 is 2.43 bits per heavy atom. The Bertz CT molecular complexity index is 792. The standard InChI is InChI=1S/C24H33NO5/c1-7-28-21(26)20(29-17(2)3)15-18-10-8-11-19(14-18)16-24(12-9-13-25-24)22(27)30-23(4,5)6/h8-14,17,20H,7,15-16H2,1-6H3. The van der Waals surface area contributed by atoms with E-state index in [1.165, 1.54) is 0 Å². The normalized spacial score (nSPS) is 19.2. The summed E-state index contributed by atoms with van der Waals surface area (Å²) in [6, 6.07) is 7.77. The van der Waals surface area contributed by atoms with Crippen molar-refractivity contribution in [1.82, 2.24) is 0 Å². The van der Waals surface area contributed by atoms with E-state index in [9.17, 15) is 9.59 Å². The smallest absolute Gasteiger partial charge is 0.338 e. The van der Waals surface area contributed by atoms with Crippen molar-refractivity contribution in [2.75, 3.05) is 6.61 Å². The van der Waals surface area contributed by atoms with E-state index in [0.717, 1.165) is 11.1 Å². The van der Waals surface area contributed by atoms with Crippen LogP contribution in [0.5, 0.6) is 0 Å². The number of carbonyl (C=O) groups is 2. The molecule has 1 aliphatic rings. The van der Waals surface area contributed by atoms with Crippen molar-refractivity contribution in [3.05, 3.63) is 47.5 Å². The van der Waals surface area contributed by atoms with E-state index in [4.69, 9.17) is 14.2 Å². The van der Waals surface area contributed by atoms with Crippen molar-refractivity contribution in [3.63, 3.8) is 0 Å². The monoisotopic (exact) mass is 415 g/mol. The predicted molar refractivity (Wildman–Crippen MR) is 117 cm³/mol. The molecular formula is C24H33NO5. The summed E-state index contributed by atoms with van der Waals surface area (Å²) in [7, 11) is 0. The Kier molecular flexibility index (Phi) is 7.96. The second-order valence-corrected chi connectivity index (χ2v) is 8.69. The molecule has 0 fully saturated rings. The molecule has 0 spiro atoms. The van der Waals surface area contributed by atoms with E-state index in [1.807, 2.05) is 58.9 Å². The molecule has 2 rings (SSSR count). The molecule has 6 nitrogen and oxygen atoms in total. The number of benzene rings is 1. The van der Waals surface area contributed by atoms with Crippen LogP contribution in [0.1, 0.15) is 52.7 Å². The van der Waals surface area contributed by atoms with Gasteiger partial charge < -0.3 is 14.2 Å². The van der Waals surface area contributed by atoms with Crippen LogP contribution >= 0.6 is 0 Å². The number of aliphatic imine (C=N–C) groups is 1. The minimum atomic E-state index is -1.07. The average molecular weight is 416 g/mol. The highest BCUT2D eigenvalue weighted by Crippen LogP contribution is 2.27. The van der Waals surface area contributed by atoms with Crippen LogP contribution in [0, 0.1) is 0 Å². The van der Waals surface area contributed by atoms with Gasteiger partial charge in [0.2, 0.25) is 0 Å². The quantitative estimate of drug-likeness (QED) is 0.573. The molecule has 0 N–H and O–H groups in total. The highest BCUT2D eigenvalue weighted by Gasteiger charge is 2.40. The highest BCUT2D eigenvalue weighted by molar-refractivity contribution is 5.91. The molecule has 1 aliphatic heterocycles. The topological polar surface area (TPSA) is 74.2 Å². The fourth-order valence-corrected chi connectivity index (χ4v) is 3.23. The van der Waals surface area contributed by atoms with Crippen molar-refractivity contribution in [1.29, 1.82) is 0 Å². The SMILES string of the molecule is CCOC(=O)C(Cc1cccc(CC2(C(=O)OC(C)(C)C)C=CC=N2)c1)OC(C)C. The van der Waals surface area contributed by atoms with Gasteiger partial charge in [0.15, 0.2) is 11.6 Å². The van der Waals surface area contributed by atoms with Crippen molar-refractivity contribution >= 4 is 18.2 Å². The zero-order valence-electron chi connectivity index (χ0n) is 18.8. The number of nitrogens with zero attached hydrogens (tertiary/aromatic N) is 1. The summed E-state index contributed by atoms with van der Waals surface area (Å²) >= 11 is 0. The van der Waals surface area contributed by atoms with Crippen molar-refractivity contribution in [2.24, 2.45) is 4.99 Å². The van der Waals surface area contributed by atoms with Gasteiger partial charge in [0, 0.05) is 19.1 Å². The fraction of sp³-hybridized carbons (Fsp3) is 0.542. The third kappa shape index (κ3) is 6.80. The van der Waals surface area contributed by atoms with Crippen LogP contribution in [-0.2, 0) is 36.6 Å². The van der Waals surface area contributed by atoms with E-state index >= 15 is 0 Å². The summed E-state index contributed by atoms with van der Waals surface area (Å²) in [6.45, 7) is 11.4. The van der Waals surface area contributed by atoms with Gasteiger partial charge in [-0.2, -0.15) is 0 Å². The summed E-state index contributed by atoms with van der Waals surface area (Å²) in [5, 5.41) is 0. The summed E-state index contributed by atoms with van der Waals surface area (Å²) in [4.78, 5) is 29.6. The maximum absolute atomic E-state index is 12.9. The largest absolute Gasteiger partial charge is 0.464 e. The first kappa shape index (κ1) is 23.8. The minimum absolute atomic E-state index is 0.101. The van der Waals surface area contributed by atoms with Crippen LogP contribution in [-0.4, -0.2) is 48.1 Å². The number of rotatable bonds is 9. The second-order valence-electron chi connectivity index (χ2n) is 8.69. The first-order valence-electron chi connectivity index (χ1n) is 10.4. The Labute approximate surface area is 179 Å². The van der Waals surface area contributed by atoms with Crippen LogP contribution in [0.25, 0.3) is 0 Å². The van der Waals surface area contributed by atoms with E-state index in [-0.39, 0.29) is 18.0 Å². The van der Waals surface area contributed by atoms with Crippen molar-refractivity contribution < 1.29 is 23.8 Å². The lowest BCUT2D eigenvalue weighted by Crippen LogP contribution is -2.41. The summed E-state index contributed by atoms with van der Waals surface area (Å²) in [5.41, 5.74) is 0.186. The van der Waals surface area contributed by atoms with Gasteiger partial charge in [0.25, 0.3) is 0 Å². The Hall–Kier alpha value is -2.47. The number of hydrogen-bond donors (Lipinski definition) is 0. The molecule has 0 bridgehead atoms. The Balaban J connectivity index is 2.21. The predicted octanol–water partition coefficient (Wildman–Crippen LogP) is 3.85. The maximum Gasteiger partial charge on any atom is 0.338 e. The molecule has 1 heterocycles. The van der Waals surface area contributed by atoms with Crippen LogP contribution in [0.3, 0.4) is 0 Å². The van der Waals surface area contributed by atoms with Gasteiger partial charge in [0.05, 0.1) is 12.7 Å². The molecule has 0 amide bonds. The lowest BCUT2D eigenvalue weighted by Gasteiger charge is -2.28. The third-order valence-corrected chi connectivity index (χ3v) is 4.39. The lowest BCUT2D eigenvalue weighted by atomic mass is 9.90. The zero-order valence-corrected chi connectivity index (χ0v) is 18.8. The fourth-order valence-electron chi connectivity index (χ4n) is 3.23. The second kappa shape index (κ2) is 10.0. The molecule has 0 saturated heterocycles.